The highest BCUT2D eigenvalue weighted by molar-refractivity contribution is 7.89. The highest BCUT2D eigenvalue weighted by Crippen LogP contribution is 2.39. The molecule has 0 radical (unpaired) electrons. The van der Waals surface area contributed by atoms with Crippen LogP contribution in [0.4, 0.5) is 0 Å². The van der Waals surface area contributed by atoms with Crippen molar-refractivity contribution >= 4 is 30.1 Å². The first-order valence-electron chi connectivity index (χ1n) is 23.2. The SMILES string of the molecule is Cc1ccc(S(=O)(=O)N2C/C=C/CN(S(=O)(=O)c3c(C(C)C)cc(C(C)C)cc3C(C)C)C/C=C/CN(S(=O)(=O)c3c(C(C)C)cc(C(C)C)cc3C(C)C)Cc3ccccc3C2)cc1. The second-order valence-corrected chi connectivity index (χ2v) is 25.1. The summed E-state index contributed by atoms with van der Waals surface area (Å²) < 4.78 is 94.8. The Morgan fingerprint density at radius 3 is 1.03 bits per heavy atom. The molecule has 0 spiro atoms. The van der Waals surface area contributed by atoms with Crippen molar-refractivity contribution in [3.05, 3.63) is 147 Å². The van der Waals surface area contributed by atoms with E-state index in [0.29, 0.717) is 20.9 Å². The minimum absolute atomic E-state index is 0.0393. The van der Waals surface area contributed by atoms with E-state index < -0.39 is 30.1 Å². The summed E-state index contributed by atoms with van der Waals surface area (Å²) >= 11 is 0. The largest absolute Gasteiger partial charge is 0.244 e. The van der Waals surface area contributed by atoms with Gasteiger partial charge in [-0.15, -0.1) is 0 Å². The van der Waals surface area contributed by atoms with Gasteiger partial charge in [0.05, 0.1) is 14.7 Å². The number of hydrogen-bond donors (Lipinski definition) is 0. The van der Waals surface area contributed by atoms with E-state index in [0.717, 1.165) is 38.9 Å². The van der Waals surface area contributed by atoms with Crippen LogP contribution in [0.5, 0.6) is 0 Å². The molecule has 1 aliphatic heterocycles. The van der Waals surface area contributed by atoms with Gasteiger partial charge in [0.1, 0.15) is 0 Å². The van der Waals surface area contributed by atoms with Crippen molar-refractivity contribution in [2.45, 2.75) is 153 Å². The van der Waals surface area contributed by atoms with Gasteiger partial charge < -0.3 is 0 Å². The first-order valence-corrected chi connectivity index (χ1v) is 27.5. The molecular weight excluding hydrogens is 871 g/mol. The zero-order valence-corrected chi connectivity index (χ0v) is 43.4. The van der Waals surface area contributed by atoms with Crippen LogP contribution in [0.25, 0.3) is 0 Å². The Kier molecular flexibility index (Phi) is 17.1. The maximum absolute atomic E-state index is 15.5. The molecule has 4 aromatic rings. The predicted octanol–water partition coefficient (Wildman–Crippen LogP) is 11.9. The van der Waals surface area contributed by atoms with Gasteiger partial charge >= 0.3 is 0 Å². The van der Waals surface area contributed by atoms with Gasteiger partial charge in [0.25, 0.3) is 0 Å². The number of nitrogens with zero attached hydrogens (tertiary/aromatic N) is 3. The fourth-order valence-corrected chi connectivity index (χ4v) is 13.7. The molecule has 0 aromatic heterocycles. The average Bonchev–Trinajstić information content (AvgIpc) is 3.24. The van der Waals surface area contributed by atoms with Crippen LogP contribution < -0.4 is 0 Å². The van der Waals surface area contributed by atoms with Crippen molar-refractivity contribution in [3.8, 4) is 0 Å². The van der Waals surface area contributed by atoms with Crippen LogP contribution in [-0.2, 0) is 43.2 Å². The molecule has 0 N–H and O–H groups in total. The summed E-state index contributed by atoms with van der Waals surface area (Å²) in [4.78, 5) is 0.714. The summed E-state index contributed by atoms with van der Waals surface area (Å²) in [5.74, 6) is -0.00734. The Labute approximate surface area is 392 Å². The highest BCUT2D eigenvalue weighted by atomic mass is 32.2. The predicted molar refractivity (Wildman–Crippen MR) is 267 cm³/mol. The molecular formula is C53H73N3O6S3. The molecule has 0 saturated heterocycles. The number of benzene rings is 4. The van der Waals surface area contributed by atoms with Crippen molar-refractivity contribution in [1.82, 2.24) is 12.9 Å². The van der Waals surface area contributed by atoms with Crippen LogP contribution in [0.2, 0.25) is 0 Å². The van der Waals surface area contributed by atoms with E-state index in [4.69, 9.17) is 0 Å². The van der Waals surface area contributed by atoms with E-state index in [1.807, 2.05) is 111 Å². The van der Waals surface area contributed by atoms with Crippen LogP contribution in [0.1, 0.15) is 169 Å². The van der Waals surface area contributed by atoms with E-state index in [1.165, 1.54) is 12.9 Å². The molecule has 1 aliphatic rings. The van der Waals surface area contributed by atoms with E-state index in [-0.39, 0.29) is 79.7 Å². The summed E-state index contributed by atoms with van der Waals surface area (Å²) in [6, 6.07) is 22.2. The summed E-state index contributed by atoms with van der Waals surface area (Å²) in [5, 5.41) is 0. The minimum atomic E-state index is -4.22. The number of sulfonamides is 3. The third-order valence-electron chi connectivity index (χ3n) is 12.4. The molecule has 0 fully saturated rings. The Balaban J connectivity index is 1.74. The molecule has 0 aliphatic carbocycles. The van der Waals surface area contributed by atoms with Gasteiger partial charge in [0.15, 0.2) is 0 Å². The van der Waals surface area contributed by atoms with Gasteiger partial charge in [0, 0.05) is 39.3 Å². The monoisotopic (exact) mass is 943 g/mol. The number of aryl methyl sites for hydroxylation is 1. The van der Waals surface area contributed by atoms with Crippen molar-refractivity contribution in [3.63, 3.8) is 0 Å². The third kappa shape index (κ3) is 11.8. The average molecular weight is 944 g/mol. The van der Waals surface area contributed by atoms with E-state index in [2.05, 4.69) is 27.7 Å². The lowest BCUT2D eigenvalue weighted by molar-refractivity contribution is 0.420. The van der Waals surface area contributed by atoms with Gasteiger partial charge in [-0.1, -0.05) is 174 Å². The lowest BCUT2D eigenvalue weighted by atomic mass is 9.89. The first-order chi connectivity index (χ1) is 30.4. The molecule has 5 rings (SSSR count). The van der Waals surface area contributed by atoms with Gasteiger partial charge in [0.2, 0.25) is 30.1 Å². The summed E-state index contributed by atoms with van der Waals surface area (Å²) in [6.07, 6.45) is 6.93. The molecule has 0 amide bonds. The molecule has 1 heterocycles. The lowest BCUT2D eigenvalue weighted by Crippen LogP contribution is -2.34. The van der Waals surface area contributed by atoms with Crippen molar-refractivity contribution in [2.24, 2.45) is 0 Å². The van der Waals surface area contributed by atoms with E-state index in [9.17, 15) is 8.42 Å². The molecule has 0 unspecified atom stereocenters. The first kappa shape index (κ1) is 52.1. The fourth-order valence-electron chi connectivity index (χ4n) is 8.27. The van der Waals surface area contributed by atoms with Crippen LogP contribution >= 0.6 is 0 Å². The maximum atomic E-state index is 15.5. The van der Waals surface area contributed by atoms with Crippen molar-refractivity contribution < 1.29 is 25.3 Å². The molecule has 0 saturated carbocycles. The minimum Gasteiger partial charge on any atom is -0.207 e. The summed E-state index contributed by atoms with van der Waals surface area (Å²) in [6.45, 7) is 26.2. The Morgan fingerprint density at radius 1 is 0.400 bits per heavy atom. The fraction of sp³-hybridized carbons (Fsp3) is 0.472. The molecule has 0 atom stereocenters. The quantitative estimate of drug-likeness (QED) is 0.131. The highest BCUT2D eigenvalue weighted by Gasteiger charge is 2.35. The summed E-state index contributed by atoms with van der Waals surface area (Å²) in [5.41, 5.74) is 7.39. The molecule has 0 bridgehead atoms. The molecule has 354 valence electrons. The molecule has 65 heavy (non-hydrogen) atoms. The van der Waals surface area contributed by atoms with Gasteiger partial charge in [-0.05, 0) is 99.1 Å². The Bertz CT molecular complexity index is 2640. The van der Waals surface area contributed by atoms with E-state index >= 15 is 16.8 Å². The number of hydrogen-bond acceptors (Lipinski definition) is 6. The summed E-state index contributed by atoms with van der Waals surface area (Å²) in [7, 11) is -12.5. The Morgan fingerprint density at radius 2 is 0.708 bits per heavy atom. The number of rotatable bonds is 12. The third-order valence-corrected chi connectivity index (χ3v) is 18.1. The van der Waals surface area contributed by atoms with E-state index in [1.54, 1.807) is 48.6 Å². The molecule has 9 nitrogen and oxygen atoms in total. The second-order valence-electron chi connectivity index (χ2n) is 19.4. The second kappa shape index (κ2) is 21.4. The van der Waals surface area contributed by atoms with Crippen LogP contribution in [0.15, 0.2) is 112 Å². The molecule has 12 heteroatoms. The molecule has 4 aromatic carbocycles. The zero-order valence-electron chi connectivity index (χ0n) is 41.0. The number of fused-ring (bicyclic) bond motifs is 1. The van der Waals surface area contributed by atoms with Crippen LogP contribution in [0, 0.1) is 6.92 Å². The van der Waals surface area contributed by atoms with Gasteiger partial charge in [-0.2, -0.15) is 12.9 Å². The topological polar surface area (TPSA) is 112 Å². The lowest BCUT2D eigenvalue weighted by Gasteiger charge is -2.29. The normalized spacial score (nSPS) is 17.0. The van der Waals surface area contributed by atoms with Gasteiger partial charge in [-0.3, -0.25) is 0 Å². The van der Waals surface area contributed by atoms with Crippen LogP contribution in [-0.4, -0.2) is 64.3 Å². The van der Waals surface area contributed by atoms with Crippen molar-refractivity contribution in [1.29, 1.82) is 0 Å². The standard InChI is InChI=1S/C53H73N3O6S3/c1-36(2)45-30-48(38(5)6)52(49(31-45)39(7)8)64(59,60)54-26-16-18-28-55(63(57,58)47-24-22-42(13)23-25-47)34-43-20-14-15-21-44(43)35-56(29-19-17-27-54)65(61,62)53-50(40(9)10)32-46(37(3)4)33-51(53)41(11)12/h14-25,30-33,36-41H,26-29,34-35H2,1-13H3/b18-16+,19-17+. The smallest absolute Gasteiger partial charge is 0.207 e. The maximum Gasteiger partial charge on any atom is 0.244 e. The van der Waals surface area contributed by atoms with Crippen LogP contribution in [0.3, 0.4) is 0 Å². The van der Waals surface area contributed by atoms with Gasteiger partial charge in [-0.25, -0.2) is 25.3 Å². The zero-order chi connectivity index (χ0) is 48.2. The van der Waals surface area contributed by atoms with Crippen molar-refractivity contribution in [2.75, 3.05) is 26.2 Å². The Hall–Kier alpha value is -3.91.